The number of nitrogens with one attached hydrogen (secondary N) is 1. The van der Waals surface area contributed by atoms with E-state index in [4.69, 9.17) is 4.42 Å². The van der Waals surface area contributed by atoms with E-state index in [0.717, 1.165) is 17.5 Å². The largest absolute Gasteiger partial charge is 0.458 e. The van der Waals surface area contributed by atoms with Gasteiger partial charge in [-0.3, -0.25) is 4.79 Å². The van der Waals surface area contributed by atoms with Crippen molar-refractivity contribution in [2.75, 3.05) is 6.54 Å². The lowest BCUT2D eigenvalue weighted by atomic mass is 10.1. The van der Waals surface area contributed by atoms with Crippen molar-refractivity contribution in [1.82, 2.24) is 5.32 Å². The van der Waals surface area contributed by atoms with Gasteiger partial charge in [-0.2, -0.15) is 0 Å². The van der Waals surface area contributed by atoms with E-state index in [2.05, 4.69) is 5.32 Å². The van der Waals surface area contributed by atoms with Gasteiger partial charge in [0.05, 0.1) is 0 Å². The van der Waals surface area contributed by atoms with Crippen LogP contribution < -0.4 is 5.32 Å². The summed E-state index contributed by atoms with van der Waals surface area (Å²) in [5.41, 5.74) is 0.699. The molecule has 0 radical (unpaired) electrons. The third-order valence-corrected chi connectivity index (χ3v) is 3.66. The Morgan fingerprint density at radius 2 is 1.92 bits per heavy atom. The van der Waals surface area contributed by atoms with Crippen LogP contribution in [0.15, 0.2) is 52.9 Å². The van der Waals surface area contributed by atoms with Crippen LogP contribution in [0.3, 0.4) is 0 Å². The number of aliphatic hydroxyl groups is 1. The minimum absolute atomic E-state index is 0.0205. The van der Waals surface area contributed by atoms with Crippen LogP contribution in [-0.4, -0.2) is 17.6 Å². The highest BCUT2D eigenvalue weighted by Gasteiger charge is 2.14. The summed E-state index contributed by atoms with van der Waals surface area (Å²) in [6.45, 7) is 0.163. The number of benzene rings is 2. The number of carbonyl (C=O) groups excluding carboxylic acids is 1. The third-order valence-electron chi connectivity index (χ3n) is 3.66. The van der Waals surface area contributed by atoms with E-state index in [1.807, 2.05) is 18.2 Å². The molecule has 1 heterocycles. The molecule has 0 fully saturated rings. The zero-order valence-corrected chi connectivity index (χ0v) is 12.6. The fourth-order valence-corrected chi connectivity index (χ4v) is 2.37. The second kappa shape index (κ2) is 6.80. The molecule has 2 aromatic carbocycles. The van der Waals surface area contributed by atoms with Gasteiger partial charge in [-0.25, -0.2) is 8.78 Å². The Morgan fingerprint density at radius 3 is 2.67 bits per heavy atom. The molecule has 0 aliphatic heterocycles. The fraction of sp³-hybridized carbons (Fsp3) is 0.167. The molecule has 3 rings (SSSR count). The molecule has 1 atom stereocenters. The van der Waals surface area contributed by atoms with Crippen molar-refractivity contribution in [3.05, 3.63) is 71.5 Å². The SMILES string of the molecule is O=C(NCCC(O)c1cc2ccccc2o1)c1ccc(F)c(F)c1. The topological polar surface area (TPSA) is 62.5 Å². The highest BCUT2D eigenvalue weighted by atomic mass is 19.2. The van der Waals surface area contributed by atoms with E-state index in [9.17, 15) is 18.7 Å². The van der Waals surface area contributed by atoms with Crippen molar-refractivity contribution in [1.29, 1.82) is 0 Å². The summed E-state index contributed by atoms with van der Waals surface area (Å²) in [5, 5.41) is 13.6. The predicted octanol–water partition coefficient (Wildman–Crippen LogP) is 3.56. The third kappa shape index (κ3) is 3.44. The summed E-state index contributed by atoms with van der Waals surface area (Å²) in [6, 6.07) is 12.1. The molecule has 124 valence electrons. The van der Waals surface area contributed by atoms with Gasteiger partial charge in [0.25, 0.3) is 5.91 Å². The Morgan fingerprint density at radius 1 is 1.12 bits per heavy atom. The van der Waals surface area contributed by atoms with Crippen molar-refractivity contribution in [3.63, 3.8) is 0 Å². The van der Waals surface area contributed by atoms with Crippen LogP contribution in [0.25, 0.3) is 11.0 Å². The molecule has 4 nitrogen and oxygen atoms in total. The molecule has 24 heavy (non-hydrogen) atoms. The Labute approximate surface area is 136 Å². The first kappa shape index (κ1) is 16.1. The van der Waals surface area contributed by atoms with E-state index in [1.54, 1.807) is 12.1 Å². The van der Waals surface area contributed by atoms with Crippen LogP contribution >= 0.6 is 0 Å². The second-order valence-electron chi connectivity index (χ2n) is 5.38. The van der Waals surface area contributed by atoms with Gasteiger partial charge in [-0.05, 0) is 36.8 Å². The van der Waals surface area contributed by atoms with Gasteiger partial charge in [0.1, 0.15) is 17.4 Å². The van der Waals surface area contributed by atoms with Gasteiger partial charge in [-0.15, -0.1) is 0 Å². The number of hydrogen-bond donors (Lipinski definition) is 2. The van der Waals surface area contributed by atoms with Gasteiger partial charge in [0.2, 0.25) is 0 Å². The van der Waals surface area contributed by atoms with Crippen molar-refractivity contribution in [2.45, 2.75) is 12.5 Å². The summed E-state index contributed by atoms with van der Waals surface area (Å²) in [6.07, 6.45) is -0.641. The maximum atomic E-state index is 13.1. The molecule has 2 N–H and O–H groups in total. The van der Waals surface area contributed by atoms with Crippen LogP contribution in [0.2, 0.25) is 0 Å². The fourth-order valence-electron chi connectivity index (χ4n) is 2.37. The van der Waals surface area contributed by atoms with Crippen LogP contribution in [-0.2, 0) is 0 Å². The Kier molecular flexibility index (Phi) is 4.57. The van der Waals surface area contributed by atoms with Gasteiger partial charge in [0, 0.05) is 17.5 Å². The Balaban J connectivity index is 1.57. The molecule has 1 amide bonds. The first-order valence-electron chi connectivity index (χ1n) is 7.44. The zero-order valence-electron chi connectivity index (χ0n) is 12.6. The van der Waals surface area contributed by atoms with Gasteiger partial charge < -0.3 is 14.8 Å². The molecular weight excluding hydrogens is 316 g/mol. The molecular formula is C18H15F2NO3. The van der Waals surface area contributed by atoms with Crippen LogP contribution in [0.1, 0.15) is 28.6 Å². The number of amides is 1. The van der Waals surface area contributed by atoms with Crippen molar-refractivity contribution < 1.29 is 23.1 Å². The first-order chi connectivity index (χ1) is 11.5. The molecule has 0 saturated carbocycles. The van der Waals surface area contributed by atoms with Crippen LogP contribution in [0.5, 0.6) is 0 Å². The van der Waals surface area contributed by atoms with Crippen LogP contribution in [0.4, 0.5) is 8.78 Å². The van der Waals surface area contributed by atoms with Gasteiger partial charge in [0.15, 0.2) is 11.6 Å². The minimum atomic E-state index is -1.08. The van der Waals surface area contributed by atoms with E-state index in [-0.39, 0.29) is 18.5 Å². The van der Waals surface area contributed by atoms with Crippen LogP contribution in [0, 0.1) is 11.6 Å². The molecule has 0 aliphatic carbocycles. The molecule has 0 aliphatic rings. The molecule has 3 aromatic rings. The Bertz CT molecular complexity index is 843. The maximum Gasteiger partial charge on any atom is 0.251 e. The second-order valence-corrected chi connectivity index (χ2v) is 5.38. The summed E-state index contributed by atoms with van der Waals surface area (Å²) in [5.74, 6) is -2.21. The number of aliphatic hydroxyl groups excluding tert-OH is 1. The van der Waals surface area contributed by atoms with Crippen molar-refractivity contribution >= 4 is 16.9 Å². The summed E-state index contributed by atoms with van der Waals surface area (Å²) < 4.78 is 31.5. The predicted molar refractivity (Wildman–Crippen MR) is 84.5 cm³/mol. The average Bonchev–Trinajstić information content (AvgIpc) is 3.01. The smallest absolute Gasteiger partial charge is 0.251 e. The minimum Gasteiger partial charge on any atom is -0.458 e. The lowest BCUT2D eigenvalue weighted by Gasteiger charge is -2.09. The number of hydrogen-bond acceptors (Lipinski definition) is 3. The molecule has 6 heteroatoms. The van der Waals surface area contributed by atoms with Crippen molar-refractivity contribution in [2.24, 2.45) is 0 Å². The number of halogens is 2. The maximum absolute atomic E-state index is 13.1. The standard InChI is InChI=1S/C18H15F2NO3/c19-13-6-5-12(9-14(13)20)18(23)21-8-7-15(22)17-10-11-3-1-2-4-16(11)24-17/h1-6,9-10,15,22H,7-8H2,(H,21,23). The number of para-hydroxylation sites is 1. The lowest BCUT2D eigenvalue weighted by Crippen LogP contribution is -2.25. The number of carbonyl (C=O) groups is 1. The highest BCUT2D eigenvalue weighted by Crippen LogP contribution is 2.25. The highest BCUT2D eigenvalue weighted by molar-refractivity contribution is 5.94. The normalized spacial score (nSPS) is 12.3. The Hall–Kier alpha value is -2.73. The molecule has 0 saturated heterocycles. The number of fused-ring (bicyclic) bond motifs is 1. The summed E-state index contributed by atoms with van der Waals surface area (Å²) >= 11 is 0. The molecule has 1 aromatic heterocycles. The van der Waals surface area contributed by atoms with E-state index in [1.165, 1.54) is 6.07 Å². The monoisotopic (exact) mass is 331 g/mol. The van der Waals surface area contributed by atoms with E-state index < -0.39 is 23.6 Å². The average molecular weight is 331 g/mol. The summed E-state index contributed by atoms with van der Waals surface area (Å²) in [4.78, 5) is 11.9. The number of rotatable bonds is 5. The van der Waals surface area contributed by atoms with E-state index >= 15 is 0 Å². The molecule has 0 spiro atoms. The number of furan rings is 1. The van der Waals surface area contributed by atoms with Gasteiger partial charge >= 0.3 is 0 Å². The van der Waals surface area contributed by atoms with Gasteiger partial charge in [-0.1, -0.05) is 18.2 Å². The quantitative estimate of drug-likeness (QED) is 0.751. The summed E-state index contributed by atoms with van der Waals surface area (Å²) in [7, 11) is 0. The lowest BCUT2D eigenvalue weighted by molar-refractivity contribution is 0.0936. The zero-order chi connectivity index (χ0) is 17.1. The van der Waals surface area contributed by atoms with E-state index in [0.29, 0.717) is 11.3 Å². The molecule has 0 bridgehead atoms. The molecule has 1 unspecified atom stereocenters. The van der Waals surface area contributed by atoms with Crippen molar-refractivity contribution in [3.8, 4) is 0 Å². The first-order valence-corrected chi connectivity index (χ1v) is 7.44.